The van der Waals surface area contributed by atoms with Gasteiger partial charge in [-0.3, -0.25) is 23.9 Å². The van der Waals surface area contributed by atoms with Crippen molar-refractivity contribution in [2.45, 2.75) is 95.5 Å². The molecule has 0 bridgehead atoms. The van der Waals surface area contributed by atoms with Gasteiger partial charge in [0.1, 0.15) is 11.9 Å². The number of nitrogens with one attached hydrogen (secondary N) is 1. The summed E-state index contributed by atoms with van der Waals surface area (Å²) in [4.78, 5) is 63.0. The average molecular weight is 793 g/mol. The SMILES string of the molecule is C=C[C@@H]1C[C@]1(CC(=O)[C@@H]1C[C@@H](Oc2nccc3c(Cl)c(OC)ccc23)CN1C(=O)[C@@H](CC(=O)N1CCCC(F)(F)C1)C(C)(C)C)C(=O)NS(=O)(=O)C1CC1. The van der Waals surface area contributed by atoms with Crippen molar-refractivity contribution < 1.29 is 45.9 Å². The lowest BCUT2D eigenvalue weighted by atomic mass is 9.77. The van der Waals surface area contributed by atoms with Crippen molar-refractivity contribution in [3.05, 3.63) is 42.1 Å². The molecule has 2 aliphatic heterocycles. The van der Waals surface area contributed by atoms with Crippen molar-refractivity contribution in [3.63, 3.8) is 0 Å². The van der Waals surface area contributed by atoms with Gasteiger partial charge in [-0.05, 0) is 55.2 Å². The number of aromatic nitrogens is 1. The Balaban J connectivity index is 1.29. The normalized spacial score (nSPS) is 25.9. The highest BCUT2D eigenvalue weighted by Gasteiger charge is 2.61. The first kappa shape index (κ1) is 39.8. The molecule has 5 atom stereocenters. The topological polar surface area (TPSA) is 152 Å². The molecule has 12 nitrogen and oxygen atoms in total. The van der Waals surface area contributed by atoms with E-state index < -0.39 is 86.1 Å². The Labute approximate surface area is 319 Å². The standard InChI is InChI=1S/C38H47ClF2N4O8S/c1-6-22-18-37(22,35(49)43-54(50,51)24-8-9-24)19-29(46)28-16-23(53-33-26-10-11-30(52-5)32(39)25(26)12-14-42-33)20-45(28)34(48)27(36(2,3)4)17-31(47)44-15-7-13-38(40,41)21-44/h6,10-12,14,22-24,27-28H,1,7-9,13,15-21H2,2-5H3,(H,43,49)/t22-,23-,27-,28+,37-/m1/s1. The van der Waals surface area contributed by atoms with Gasteiger partial charge in [0.05, 0.1) is 47.8 Å². The summed E-state index contributed by atoms with van der Waals surface area (Å²) in [6, 6.07) is 3.98. The fourth-order valence-corrected chi connectivity index (χ4v) is 9.46. The van der Waals surface area contributed by atoms with Gasteiger partial charge < -0.3 is 19.3 Å². The molecule has 1 aromatic heterocycles. The number of rotatable bonds is 13. The number of carbonyl (C=O) groups is 4. The number of sulfonamides is 1. The molecule has 54 heavy (non-hydrogen) atoms. The fraction of sp³-hybridized carbons (Fsp3) is 0.605. The number of benzene rings is 1. The first-order valence-electron chi connectivity index (χ1n) is 18.3. The number of likely N-dealkylation sites (tertiary alicyclic amines) is 2. The van der Waals surface area contributed by atoms with E-state index in [4.69, 9.17) is 21.1 Å². The smallest absolute Gasteiger partial charge is 0.265 e. The maximum atomic E-state index is 14.7. The molecule has 2 aromatic rings. The van der Waals surface area contributed by atoms with Crippen molar-refractivity contribution in [1.82, 2.24) is 19.5 Å². The first-order valence-corrected chi connectivity index (χ1v) is 20.2. The van der Waals surface area contributed by atoms with Crippen LogP contribution < -0.4 is 14.2 Å². The highest BCUT2D eigenvalue weighted by atomic mass is 35.5. The number of hydrogen-bond acceptors (Lipinski definition) is 9. The number of nitrogens with zero attached hydrogens (tertiary/aromatic N) is 3. The summed E-state index contributed by atoms with van der Waals surface area (Å²) in [5.74, 6) is -6.21. The molecule has 2 saturated heterocycles. The first-order chi connectivity index (χ1) is 25.3. The molecular formula is C38H47ClF2N4O8S. The van der Waals surface area contributed by atoms with Gasteiger partial charge in [0.2, 0.25) is 33.6 Å². The van der Waals surface area contributed by atoms with Crippen molar-refractivity contribution in [2.24, 2.45) is 22.7 Å². The lowest BCUT2D eigenvalue weighted by molar-refractivity contribution is -0.151. The number of ketones is 1. The number of amides is 3. The minimum Gasteiger partial charge on any atom is -0.495 e. The number of hydrogen-bond donors (Lipinski definition) is 1. The third-order valence-electron chi connectivity index (χ3n) is 11.2. The van der Waals surface area contributed by atoms with E-state index in [9.17, 15) is 36.4 Å². The monoisotopic (exact) mass is 792 g/mol. The minimum absolute atomic E-state index is 0.00646. The zero-order valence-corrected chi connectivity index (χ0v) is 32.5. The van der Waals surface area contributed by atoms with Gasteiger partial charge in [-0.2, -0.15) is 0 Å². The number of fused-ring (bicyclic) bond motifs is 1. The maximum Gasteiger partial charge on any atom is 0.265 e. The molecule has 3 heterocycles. The summed E-state index contributed by atoms with van der Waals surface area (Å²) in [5, 5.41) is 0.859. The largest absolute Gasteiger partial charge is 0.495 e. The molecule has 16 heteroatoms. The maximum absolute atomic E-state index is 14.7. The van der Waals surface area contributed by atoms with E-state index in [0.29, 0.717) is 34.4 Å². The second-order valence-corrected chi connectivity index (χ2v) is 18.5. The molecule has 4 fully saturated rings. The molecule has 6 rings (SSSR count). The van der Waals surface area contributed by atoms with Gasteiger partial charge in [0, 0.05) is 49.2 Å². The van der Waals surface area contributed by atoms with Crippen LogP contribution in [0.3, 0.4) is 0 Å². The molecule has 2 aliphatic carbocycles. The van der Waals surface area contributed by atoms with E-state index in [1.165, 1.54) is 24.3 Å². The van der Waals surface area contributed by atoms with Crippen LogP contribution in [0.15, 0.2) is 37.1 Å². The second-order valence-electron chi connectivity index (χ2n) is 16.2. The number of methoxy groups -OCH3 is 1. The Bertz CT molecular complexity index is 1970. The molecule has 0 radical (unpaired) electrons. The molecule has 3 amide bonds. The third-order valence-corrected chi connectivity index (χ3v) is 13.5. The molecule has 1 aromatic carbocycles. The summed E-state index contributed by atoms with van der Waals surface area (Å²) >= 11 is 6.57. The molecule has 1 N–H and O–H groups in total. The van der Waals surface area contributed by atoms with E-state index in [1.54, 1.807) is 39.0 Å². The van der Waals surface area contributed by atoms with E-state index >= 15 is 0 Å². The van der Waals surface area contributed by atoms with Crippen molar-refractivity contribution in [2.75, 3.05) is 26.7 Å². The summed E-state index contributed by atoms with van der Waals surface area (Å²) < 4.78 is 67.9. The Hall–Kier alpha value is -3.85. The minimum atomic E-state index is -3.90. The van der Waals surface area contributed by atoms with Gasteiger partial charge in [0.25, 0.3) is 5.92 Å². The number of ether oxygens (including phenoxy) is 2. The summed E-state index contributed by atoms with van der Waals surface area (Å²) in [6.07, 6.45) is 2.48. The van der Waals surface area contributed by atoms with Crippen LogP contribution in [0.1, 0.15) is 72.1 Å². The van der Waals surface area contributed by atoms with Gasteiger partial charge in [-0.25, -0.2) is 22.2 Å². The predicted molar refractivity (Wildman–Crippen MR) is 197 cm³/mol. The fourth-order valence-electron chi connectivity index (χ4n) is 7.77. The highest BCUT2D eigenvalue weighted by molar-refractivity contribution is 7.90. The van der Waals surface area contributed by atoms with Crippen LogP contribution in [0.2, 0.25) is 5.02 Å². The molecule has 0 spiro atoms. The van der Waals surface area contributed by atoms with E-state index in [-0.39, 0.29) is 57.5 Å². The average Bonchev–Trinajstić information content (AvgIpc) is 4.03. The number of allylic oxidation sites excluding steroid dienone is 1. The van der Waals surface area contributed by atoms with Gasteiger partial charge >= 0.3 is 0 Å². The third kappa shape index (κ3) is 8.07. The van der Waals surface area contributed by atoms with Crippen molar-refractivity contribution >= 4 is 55.9 Å². The summed E-state index contributed by atoms with van der Waals surface area (Å²) in [7, 11) is -2.41. The quantitative estimate of drug-likeness (QED) is 0.266. The van der Waals surface area contributed by atoms with E-state index in [0.717, 1.165) is 4.90 Å². The van der Waals surface area contributed by atoms with Crippen LogP contribution in [0.4, 0.5) is 8.78 Å². The summed E-state index contributed by atoms with van der Waals surface area (Å²) in [5.41, 5.74) is -2.19. The Morgan fingerprint density at radius 2 is 1.89 bits per heavy atom. The Kier molecular flexibility index (Phi) is 10.8. The van der Waals surface area contributed by atoms with Crippen LogP contribution in [-0.4, -0.2) is 96.8 Å². The van der Waals surface area contributed by atoms with Gasteiger partial charge in [-0.1, -0.05) is 38.4 Å². The number of piperidine rings is 1. The van der Waals surface area contributed by atoms with Gasteiger partial charge in [0.15, 0.2) is 5.78 Å². The van der Waals surface area contributed by atoms with Crippen LogP contribution in [0.5, 0.6) is 11.6 Å². The molecular weight excluding hydrogens is 746 g/mol. The number of halogens is 3. The molecule has 0 unspecified atom stereocenters. The van der Waals surface area contributed by atoms with Crippen LogP contribution in [0.25, 0.3) is 10.8 Å². The Morgan fingerprint density at radius 1 is 1.17 bits per heavy atom. The van der Waals surface area contributed by atoms with Crippen molar-refractivity contribution in [1.29, 1.82) is 0 Å². The number of alkyl halides is 2. The van der Waals surface area contributed by atoms with E-state index in [1.807, 2.05) is 0 Å². The lowest BCUT2D eigenvalue weighted by Gasteiger charge is -2.37. The number of Topliss-reactive ketones (excluding diaryl/α,β-unsaturated/α-hetero) is 1. The zero-order valence-electron chi connectivity index (χ0n) is 30.9. The summed E-state index contributed by atoms with van der Waals surface area (Å²) in [6.45, 7) is 8.44. The predicted octanol–water partition coefficient (Wildman–Crippen LogP) is 5.32. The Morgan fingerprint density at radius 3 is 2.50 bits per heavy atom. The highest BCUT2D eigenvalue weighted by Crippen LogP contribution is 2.57. The van der Waals surface area contributed by atoms with Crippen molar-refractivity contribution in [3.8, 4) is 11.6 Å². The van der Waals surface area contributed by atoms with Gasteiger partial charge in [-0.15, -0.1) is 6.58 Å². The van der Waals surface area contributed by atoms with Crippen LogP contribution in [-0.2, 0) is 29.2 Å². The molecule has 4 aliphatic rings. The number of carbonyl (C=O) groups excluding carboxylic acids is 4. The van der Waals surface area contributed by atoms with E-state index in [2.05, 4.69) is 16.3 Å². The van der Waals surface area contributed by atoms with Crippen LogP contribution >= 0.6 is 11.6 Å². The lowest BCUT2D eigenvalue weighted by Crippen LogP contribution is -2.51. The molecule has 2 saturated carbocycles. The zero-order chi connectivity index (χ0) is 39.4. The second kappa shape index (κ2) is 14.7. The number of pyridine rings is 1. The molecule has 294 valence electrons. The van der Waals surface area contributed by atoms with Crippen LogP contribution in [0, 0.1) is 22.7 Å².